The summed E-state index contributed by atoms with van der Waals surface area (Å²) < 4.78 is 27.6. The third-order valence-corrected chi connectivity index (χ3v) is 5.02. The highest BCUT2D eigenvalue weighted by Gasteiger charge is 2.24. The molecule has 0 aliphatic rings. The Morgan fingerprint density at radius 1 is 1.05 bits per heavy atom. The Labute approximate surface area is 141 Å². The van der Waals surface area contributed by atoms with Crippen LogP contribution in [-0.4, -0.2) is 20.5 Å². The molecule has 128 valence electrons. The molecule has 0 bridgehead atoms. The van der Waals surface area contributed by atoms with Crippen molar-refractivity contribution in [2.24, 2.45) is 5.73 Å². The minimum Gasteiger partial charge on any atom is -0.324 e. The summed E-state index contributed by atoms with van der Waals surface area (Å²) in [5.74, 6) is 0. The Bertz CT molecular complexity index is 604. The van der Waals surface area contributed by atoms with E-state index in [1.165, 1.54) is 0 Å². The van der Waals surface area contributed by atoms with Crippen LogP contribution in [0, 0.1) is 13.8 Å². The molecule has 0 saturated carbocycles. The minimum absolute atomic E-state index is 0. The number of halogens is 1. The number of nitrogens with two attached hydrogens (primary N) is 1. The molecule has 6 heteroatoms. The third-order valence-electron chi connectivity index (χ3n) is 3.31. The molecule has 1 aromatic rings. The lowest BCUT2D eigenvalue weighted by atomic mass is 9.85. The monoisotopic (exact) mass is 348 g/mol. The Balaban J connectivity index is 0.00000441. The van der Waals surface area contributed by atoms with Gasteiger partial charge in [0.1, 0.15) is 0 Å². The average molecular weight is 349 g/mol. The number of rotatable bonds is 4. The molecular weight excluding hydrogens is 320 g/mol. The molecule has 0 amide bonds. The van der Waals surface area contributed by atoms with Crippen LogP contribution in [0.3, 0.4) is 0 Å². The van der Waals surface area contributed by atoms with Crippen molar-refractivity contribution in [3.05, 3.63) is 28.8 Å². The lowest BCUT2D eigenvalue weighted by Gasteiger charge is -2.23. The fraction of sp³-hybridized carbons (Fsp3) is 0.625. The van der Waals surface area contributed by atoms with Gasteiger partial charge in [0, 0.05) is 12.1 Å². The molecular formula is C16H29ClN2O2S. The topological polar surface area (TPSA) is 72.2 Å². The summed E-state index contributed by atoms with van der Waals surface area (Å²) in [4.78, 5) is 0.361. The van der Waals surface area contributed by atoms with Crippen LogP contribution in [0.5, 0.6) is 0 Å². The van der Waals surface area contributed by atoms with Crippen LogP contribution in [0.15, 0.2) is 17.0 Å². The molecule has 0 saturated heterocycles. The Hall–Kier alpha value is -0.620. The smallest absolute Gasteiger partial charge is 0.241 e. The normalized spacial score (nSPS) is 12.9. The molecule has 4 nitrogen and oxygen atoms in total. The summed E-state index contributed by atoms with van der Waals surface area (Å²) in [7, 11) is -3.55. The Kier molecular flexibility index (Phi) is 6.68. The quantitative estimate of drug-likeness (QED) is 0.878. The zero-order chi connectivity index (χ0) is 16.6. The third kappa shape index (κ3) is 5.54. The van der Waals surface area contributed by atoms with Gasteiger partial charge in [-0.25, -0.2) is 13.1 Å². The van der Waals surface area contributed by atoms with E-state index in [-0.39, 0.29) is 24.4 Å². The van der Waals surface area contributed by atoms with Gasteiger partial charge in [-0.1, -0.05) is 32.9 Å². The van der Waals surface area contributed by atoms with E-state index >= 15 is 0 Å². The van der Waals surface area contributed by atoms with E-state index in [9.17, 15) is 8.42 Å². The first kappa shape index (κ1) is 21.4. The minimum atomic E-state index is -3.55. The lowest BCUT2D eigenvalue weighted by Crippen LogP contribution is -2.45. The predicted molar refractivity (Wildman–Crippen MR) is 95.3 cm³/mol. The highest BCUT2D eigenvalue weighted by molar-refractivity contribution is 7.89. The van der Waals surface area contributed by atoms with Crippen molar-refractivity contribution in [2.75, 3.05) is 6.54 Å². The van der Waals surface area contributed by atoms with Gasteiger partial charge in [-0.15, -0.1) is 12.4 Å². The van der Waals surface area contributed by atoms with Gasteiger partial charge in [0.2, 0.25) is 10.0 Å². The number of hydrogen-bond acceptors (Lipinski definition) is 3. The van der Waals surface area contributed by atoms with E-state index in [0.29, 0.717) is 4.90 Å². The van der Waals surface area contributed by atoms with Crippen LogP contribution < -0.4 is 10.5 Å². The van der Waals surface area contributed by atoms with E-state index in [0.717, 1.165) is 16.7 Å². The van der Waals surface area contributed by atoms with E-state index in [4.69, 9.17) is 5.73 Å². The standard InChI is InChI=1S/C16H28N2O2S.ClH/c1-11-8-13(15(3,4)5)9-12(2)14(11)21(19,20)18-10-16(6,7)17;/h8-9,18H,10,17H2,1-7H3;1H. The molecule has 0 aliphatic carbocycles. The first-order valence-corrected chi connectivity index (χ1v) is 8.63. The first-order chi connectivity index (χ1) is 9.24. The number of nitrogens with one attached hydrogen (secondary N) is 1. The van der Waals surface area contributed by atoms with Crippen molar-refractivity contribution in [3.63, 3.8) is 0 Å². The number of aryl methyl sites for hydroxylation is 2. The molecule has 1 aromatic carbocycles. The zero-order valence-corrected chi connectivity index (χ0v) is 16.2. The summed E-state index contributed by atoms with van der Waals surface area (Å²) in [6, 6.07) is 3.91. The molecule has 1 rings (SSSR count). The Morgan fingerprint density at radius 3 is 1.77 bits per heavy atom. The van der Waals surface area contributed by atoms with E-state index < -0.39 is 15.6 Å². The molecule has 0 aromatic heterocycles. The average Bonchev–Trinajstić information content (AvgIpc) is 2.23. The van der Waals surface area contributed by atoms with Crippen molar-refractivity contribution in [1.29, 1.82) is 0 Å². The molecule has 0 atom stereocenters. The van der Waals surface area contributed by atoms with E-state index in [2.05, 4.69) is 25.5 Å². The molecule has 0 fully saturated rings. The maximum atomic E-state index is 12.5. The van der Waals surface area contributed by atoms with Crippen molar-refractivity contribution >= 4 is 22.4 Å². The maximum absolute atomic E-state index is 12.5. The van der Waals surface area contributed by atoms with Crippen LogP contribution in [0.4, 0.5) is 0 Å². The molecule has 0 radical (unpaired) electrons. The number of sulfonamides is 1. The highest BCUT2D eigenvalue weighted by Crippen LogP contribution is 2.29. The van der Waals surface area contributed by atoms with Crippen molar-refractivity contribution in [2.45, 2.75) is 64.3 Å². The van der Waals surface area contributed by atoms with Gasteiger partial charge >= 0.3 is 0 Å². The van der Waals surface area contributed by atoms with Crippen LogP contribution in [-0.2, 0) is 15.4 Å². The highest BCUT2D eigenvalue weighted by atomic mass is 35.5. The second kappa shape index (κ2) is 6.87. The first-order valence-electron chi connectivity index (χ1n) is 7.14. The van der Waals surface area contributed by atoms with E-state index in [1.54, 1.807) is 13.8 Å². The van der Waals surface area contributed by atoms with E-state index in [1.807, 2.05) is 26.0 Å². The van der Waals surface area contributed by atoms with Crippen LogP contribution in [0.25, 0.3) is 0 Å². The fourth-order valence-electron chi connectivity index (χ4n) is 2.16. The van der Waals surface area contributed by atoms with Gasteiger partial charge < -0.3 is 5.73 Å². The summed E-state index contributed by atoms with van der Waals surface area (Å²) in [5, 5.41) is 0. The summed E-state index contributed by atoms with van der Waals surface area (Å²) in [6.07, 6.45) is 0. The summed E-state index contributed by atoms with van der Waals surface area (Å²) in [6.45, 7) is 13.8. The molecule has 0 unspecified atom stereocenters. The van der Waals surface area contributed by atoms with Gasteiger partial charge in [0.15, 0.2) is 0 Å². The Morgan fingerprint density at radius 2 is 1.45 bits per heavy atom. The lowest BCUT2D eigenvalue weighted by molar-refractivity contribution is 0.497. The SMILES string of the molecule is Cc1cc(C(C)(C)C)cc(C)c1S(=O)(=O)NCC(C)(C)N.Cl. The summed E-state index contributed by atoms with van der Waals surface area (Å²) >= 11 is 0. The van der Waals surface area contributed by atoms with Crippen LogP contribution in [0.2, 0.25) is 0 Å². The fourth-order valence-corrected chi connectivity index (χ4v) is 3.83. The molecule has 0 heterocycles. The second-order valence-corrected chi connectivity index (χ2v) is 9.21. The van der Waals surface area contributed by atoms with Gasteiger partial charge in [-0.2, -0.15) is 0 Å². The predicted octanol–water partition coefficient (Wildman–Crippen LogP) is 3.04. The van der Waals surface area contributed by atoms with Gasteiger partial charge in [0.05, 0.1) is 4.90 Å². The zero-order valence-electron chi connectivity index (χ0n) is 14.6. The summed E-state index contributed by atoms with van der Waals surface area (Å²) in [5.41, 5.74) is 7.93. The van der Waals surface area contributed by atoms with Gasteiger partial charge in [-0.3, -0.25) is 0 Å². The molecule has 3 N–H and O–H groups in total. The largest absolute Gasteiger partial charge is 0.324 e. The van der Waals surface area contributed by atoms with Gasteiger partial charge in [-0.05, 0) is 49.8 Å². The maximum Gasteiger partial charge on any atom is 0.241 e. The van der Waals surface area contributed by atoms with Gasteiger partial charge in [0.25, 0.3) is 0 Å². The number of hydrogen-bond donors (Lipinski definition) is 2. The van der Waals surface area contributed by atoms with Crippen LogP contribution >= 0.6 is 12.4 Å². The van der Waals surface area contributed by atoms with Crippen molar-refractivity contribution in [3.8, 4) is 0 Å². The van der Waals surface area contributed by atoms with Crippen molar-refractivity contribution < 1.29 is 8.42 Å². The number of benzene rings is 1. The van der Waals surface area contributed by atoms with Crippen molar-refractivity contribution in [1.82, 2.24) is 4.72 Å². The molecule has 0 spiro atoms. The van der Waals surface area contributed by atoms with Crippen LogP contribution in [0.1, 0.15) is 51.3 Å². The second-order valence-electron chi connectivity index (χ2n) is 7.50. The molecule has 22 heavy (non-hydrogen) atoms. The molecule has 0 aliphatic heterocycles.